The van der Waals surface area contributed by atoms with Crippen LogP contribution in [0.2, 0.25) is 0 Å². The lowest BCUT2D eigenvalue weighted by Gasteiger charge is -2.18. The zero-order valence-corrected chi connectivity index (χ0v) is 11.6. The Morgan fingerprint density at radius 2 is 2.26 bits per heavy atom. The Balaban J connectivity index is 1.37. The summed E-state index contributed by atoms with van der Waals surface area (Å²) in [5, 5.41) is 6.91. The predicted octanol–water partition coefficient (Wildman–Crippen LogP) is 2.56. The van der Waals surface area contributed by atoms with Gasteiger partial charge in [-0.15, -0.1) is 0 Å². The van der Waals surface area contributed by atoms with Crippen LogP contribution in [0.3, 0.4) is 0 Å². The van der Waals surface area contributed by atoms with Gasteiger partial charge in [-0.05, 0) is 48.8 Å². The maximum Gasteiger partial charge on any atom is 0.0591 e. The van der Waals surface area contributed by atoms with Crippen LogP contribution in [-0.2, 0) is 17.7 Å². The first-order valence-corrected chi connectivity index (χ1v) is 7.56. The van der Waals surface area contributed by atoms with E-state index in [-0.39, 0.29) is 0 Å². The van der Waals surface area contributed by atoms with E-state index in [0.29, 0.717) is 0 Å². The molecule has 1 heterocycles. The van der Waals surface area contributed by atoms with Crippen LogP contribution in [0.25, 0.3) is 0 Å². The van der Waals surface area contributed by atoms with Crippen molar-refractivity contribution in [2.75, 3.05) is 31.6 Å². The fourth-order valence-corrected chi connectivity index (χ4v) is 2.55. The third-order valence-electron chi connectivity index (χ3n) is 3.91. The minimum atomic E-state index is 0.836. The van der Waals surface area contributed by atoms with Gasteiger partial charge in [-0.2, -0.15) is 0 Å². The molecule has 0 unspecified atom stereocenters. The van der Waals surface area contributed by atoms with Gasteiger partial charge in [-0.3, -0.25) is 0 Å². The second-order valence-electron chi connectivity index (χ2n) is 5.72. The monoisotopic (exact) mass is 260 g/mol. The Kier molecular flexibility index (Phi) is 4.36. The number of ether oxygens (including phenoxy) is 1. The highest BCUT2D eigenvalue weighted by molar-refractivity contribution is 5.54. The molecule has 19 heavy (non-hydrogen) atoms. The van der Waals surface area contributed by atoms with Gasteiger partial charge in [0.1, 0.15) is 0 Å². The third kappa shape index (κ3) is 3.95. The first-order valence-electron chi connectivity index (χ1n) is 7.56. The largest absolute Gasteiger partial charge is 0.385 e. The minimum Gasteiger partial charge on any atom is -0.385 e. The van der Waals surface area contributed by atoms with Crippen molar-refractivity contribution in [2.24, 2.45) is 5.92 Å². The summed E-state index contributed by atoms with van der Waals surface area (Å²) >= 11 is 0. The van der Waals surface area contributed by atoms with E-state index in [4.69, 9.17) is 4.74 Å². The number of hydrogen-bond acceptors (Lipinski definition) is 3. The summed E-state index contributed by atoms with van der Waals surface area (Å²) < 4.78 is 5.61. The average molecular weight is 260 g/mol. The molecule has 1 aromatic rings. The Hall–Kier alpha value is -1.06. The van der Waals surface area contributed by atoms with Crippen LogP contribution in [0, 0.1) is 5.92 Å². The van der Waals surface area contributed by atoms with E-state index in [1.165, 1.54) is 42.5 Å². The zero-order valence-electron chi connectivity index (χ0n) is 11.6. The van der Waals surface area contributed by atoms with Gasteiger partial charge in [0.05, 0.1) is 6.61 Å². The van der Waals surface area contributed by atoms with Crippen LogP contribution in [-0.4, -0.2) is 26.3 Å². The molecule has 0 amide bonds. The van der Waals surface area contributed by atoms with Gasteiger partial charge in [-0.1, -0.05) is 12.1 Å². The van der Waals surface area contributed by atoms with Crippen LogP contribution in [0.4, 0.5) is 5.69 Å². The molecule has 0 radical (unpaired) electrons. The number of anilines is 1. The van der Waals surface area contributed by atoms with Crippen molar-refractivity contribution in [1.29, 1.82) is 0 Å². The van der Waals surface area contributed by atoms with Gasteiger partial charge < -0.3 is 15.4 Å². The SMILES string of the molecule is c1cc2c(cc1CNCCOCC1CC1)CCCN2. The summed E-state index contributed by atoms with van der Waals surface area (Å²) in [5.74, 6) is 0.869. The molecular weight excluding hydrogens is 236 g/mol. The van der Waals surface area contributed by atoms with Crippen LogP contribution in [0.5, 0.6) is 0 Å². The molecule has 104 valence electrons. The molecule has 2 N–H and O–H groups in total. The molecule has 0 saturated heterocycles. The maximum absolute atomic E-state index is 5.61. The first-order chi connectivity index (χ1) is 9.42. The minimum absolute atomic E-state index is 0.836. The standard InChI is InChI=1S/C16H24N2O/c1-2-15-10-14(5-6-16(15)18-7-1)11-17-8-9-19-12-13-3-4-13/h5-6,10,13,17-18H,1-4,7-9,11-12H2. The highest BCUT2D eigenvalue weighted by Crippen LogP contribution is 2.28. The van der Waals surface area contributed by atoms with Gasteiger partial charge in [0.25, 0.3) is 0 Å². The van der Waals surface area contributed by atoms with Crippen LogP contribution >= 0.6 is 0 Å². The van der Waals surface area contributed by atoms with E-state index < -0.39 is 0 Å². The fourth-order valence-electron chi connectivity index (χ4n) is 2.55. The van der Waals surface area contributed by atoms with Crippen molar-refractivity contribution in [1.82, 2.24) is 5.32 Å². The van der Waals surface area contributed by atoms with Crippen molar-refractivity contribution in [3.05, 3.63) is 29.3 Å². The van der Waals surface area contributed by atoms with Crippen LogP contribution < -0.4 is 10.6 Å². The van der Waals surface area contributed by atoms with Gasteiger partial charge in [-0.25, -0.2) is 0 Å². The zero-order chi connectivity index (χ0) is 12.9. The molecule has 1 aliphatic heterocycles. The van der Waals surface area contributed by atoms with Gasteiger partial charge >= 0.3 is 0 Å². The maximum atomic E-state index is 5.61. The molecule has 1 aliphatic carbocycles. The van der Waals surface area contributed by atoms with Crippen molar-refractivity contribution < 1.29 is 4.74 Å². The lowest BCUT2D eigenvalue weighted by molar-refractivity contribution is 0.126. The third-order valence-corrected chi connectivity index (χ3v) is 3.91. The van der Waals surface area contributed by atoms with E-state index in [9.17, 15) is 0 Å². The highest BCUT2D eigenvalue weighted by atomic mass is 16.5. The van der Waals surface area contributed by atoms with Crippen molar-refractivity contribution in [3.8, 4) is 0 Å². The predicted molar refractivity (Wildman–Crippen MR) is 78.5 cm³/mol. The lowest BCUT2D eigenvalue weighted by Crippen LogP contribution is -2.20. The summed E-state index contributed by atoms with van der Waals surface area (Å²) in [7, 11) is 0. The van der Waals surface area contributed by atoms with Crippen molar-refractivity contribution in [3.63, 3.8) is 0 Å². The van der Waals surface area contributed by atoms with E-state index >= 15 is 0 Å². The normalized spacial score (nSPS) is 17.9. The quantitative estimate of drug-likeness (QED) is 0.739. The molecule has 1 aromatic carbocycles. The lowest BCUT2D eigenvalue weighted by atomic mass is 10.0. The molecule has 1 fully saturated rings. The molecular formula is C16H24N2O. The summed E-state index contributed by atoms with van der Waals surface area (Å²) in [6.45, 7) is 4.81. The highest BCUT2D eigenvalue weighted by Gasteiger charge is 2.20. The molecule has 3 heteroatoms. The Morgan fingerprint density at radius 1 is 1.32 bits per heavy atom. The molecule has 0 atom stereocenters. The Labute approximate surface area is 115 Å². The van der Waals surface area contributed by atoms with E-state index in [2.05, 4.69) is 28.8 Å². The van der Waals surface area contributed by atoms with Crippen molar-refractivity contribution >= 4 is 5.69 Å². The number of nitrogens with one attached hydrogen (secondary N) is 2. The number of rotatable bonds is 7. The first kappa shape index (κ1) is 12.9. The summed E-state index contributed by atoms with van der Waals surface area (Å²) in [6, 6.07) is 6.77. The number of hydrogen-bond donors (Lipinski definition) is 2. The number of fused-ring (bicyclic) bond motifs is 1. The molecule has 3 nitrogen and oxygen atoms in total. The van der Waals surface area contributed by atoms with E-state index in [1.807, 2.05) is 0 Å². The molecule has 1 saturated carbocycles. The molecule has 0 aromatic heterocycles. The smallest absolute Gasteiger partial charge is 0.0591 e. The molecule has 2 aliphatic rings. The fraction of sp³-hybridized carbons (Fsp3) is 0.625. The van der Waals surface area contributed by atoms with Gasteiger partial charge in [0, 0.05) is 31.9 Å². The van der Waals surface area contributed by atoms with Crippen LogP contribution in [0.15, 0.2) is 18.2 Å². The summed E-state index contributed by atoms with van der Waals surface area (Å²) in [5.41, 5.74) is 4.17. The van der Waals surface area contributed by atoms with Crippen molar-refractivity contribution in [2.45, 2.75) is 32.2 Å². The second kappa shape index (κ2) is 6.40. The topological polar surface area (TPSA) is 33.3 Å². The summed E-state index contributed by atoms with van der Waals surface area (Å²) in [4.78, 5) is 0. The molecule has 0 spiro atoms. The van der Waals surface area contributed by atoms with Gasteiger partial charge in [0.15, 0.2) is 0 Å². The molecule has 3 rings (SSSR count). The number of benzene rings is 1. The Morgan fingerprint density at radius 3 is 3.16 bits per heavy atom. The summed E-state index contributed by atoms with van der Waals surface area (Å²) in [6.07, 6.45) is 5.20. The van der Waals surface area contributed by atoms with E-state index in [0.717, 1.165) is 38.8 Å². The molecule has 0 bridgehead atoms. The Bertz CT molecular complexity index is 415. The number of aryl methyl sites for hydroxylation is 1. The second-order valence-corrected chi connectivity index (χ2v) is 5.72. The van der Waals surface area contributed by atoms with E-state index in [1.54, 1.807) is 0 Å². The average Bonchev–Trinajstić information content (AvgIpc) is 3.27. The van der Waals surface area contributed by atoms with Crippen LogP contribution in [0.1, 0.15) is 30.4 Å². The van der Waals surface area contributed by atoms with Gasteiger partial charge in [0.2, 0.25) is 0 Å².